The molecular weight excluding hydrogens is 461 g/mol. The fraction of sp³-hybridized carbons (Fsp3) is 0.227. The molecule has 1 aromatic heterocycles. The Morgan fingerprint density at radius 2 is 1.97 bits per heavy atom. The van der Waals surface area contributed by atoms with E-state index in [1.54, 1.807) is 18.5 Å². The van der Waals surface area contributed by atoms with Crippen LogP contribution in [0, 0.1) is 18.3 Å². The summed E-state index contributed by atoms with van der Waals surface area (Å²) >= 11 is 7.29. The van der Waals surface area contributed by atoms with E-state index >= 15 is 0 Å². The second-order valence-electron chi connectivity index (χ2n) is 6.87. The van der Waals surface area contributed by atoms with E-state index < -0.39 is 11.7 Å². The molecule has 0 N–H and O–H groups in total. The lowest BCUT2D eigenvalue weighted by Gasteiger charge is -2.11. The van der Waals surface area contributed by atoms with Gasteiger partial charge < -0.3 is 9.64 Å². The number of nitriles is 1. The summed E-state index contributed by atoms with van der Waals surface area (Å²) in [6, 6.07) is 9.85. The lowest BCUT2D eigenvalue weighted by atomic mass is 10.1. The van der Waals surface area contributed by atoms with Gasteiger partial charge in [0.2, 0.25) is 5.06 Å². The van der Waals surface area contributed by atoms with Crippen LogP contribution in [0.1, 0.15) is 23.6 Å². The van der Waals surface area contributed by atoms with Crippen molar-refractivity contribution < 1.29 is 17.9 Å². The fourth-order valence-corrected chi connectivity index (χ4v) is 3.59. The van der Waals surface area contributed by atoms with Crippen molar-refractivity contribution >= 4 is 35.2 Å². The van der Waals surface area contributed by atoms with E-state index in [-0.39, 0.29) is 16.3 Å². The molecule has 0 amide bonds. The monoisotopic (exact) mass is 478 g/mol. The zero-order valence-electron chi connectivity index (χ0n) is 17.4. The standard InChI is InChI=1S/C22H18ClF3N4OS/c1-4-30(3)12-28-18-10-17(23)19(9-13(18)2)31-21-16(11-27)20(29-32-21)14-5-7-15(8-6-14)22(24,25)26/h5-10,12H,4H2,1-3H3. The Hall–Kier alpha value is -3.09. The topological polar surface area (TPSA) is 61.5 Å². The van der Waals surface area contributed by atoms with E-state index in [0.717, 1.165) is 35.8 Å². The maximum absolute atomic E-state index is 12.8. The van der Waals surface area contributed by atoms with Crippen molar-refractivity contribution in [2.24, 2.45) is 4.99 Å². The van der Waals surface area contributed by atoms with Crippen molar-refractivity contribution in [3.8, 4) is 28.1 Å². The van der Waals surface area contributed by atoms with Crippen LogP contribution in [0.25, 0.3) is 11.3 Å². The highest BCUT2D eigenvalue weighted by Gasteiger charge is 2.30. The molecule has 166 valence electrons. The van der Waals surface area contributed by atoms with Gasteiger partial charge in [-0.3, -0.25) is 0 Å². The Morgan fingerprint density at radius 3 is 2.56 bits per heavy atom. The van der Waals surface area contributed by atoms with Crippen molar-refractivity contribution in [2.45, 2.75) is 20.0 Å². The summed E-state index contributed by atoms with van der Waals surface area (Å²) < 4.78 is 48.5. The number of benzene rings is 2. The van der Waals surface area contributed by atoms with Crippen LogP contribution in [0.15, 0.2) is 41.4 Å². The Balaban J connectivity index is 1.89. The smallest absolute Gasteiger partial charge is 0.416 e. The van der Waals surface area contributed by atoms with Crippen LogP contribution in [-0.4, -0.2) is 29.2 Å². The number of hydrogen-bond acceptors (Lipinski definition) is 5. The van der Waals surface area contributed by atoms with Crippen molar-refractivity contribution in [1.82, 2.24) is 9.27 Å². The number of hydrogen-bond donors (Lipinski definition) is 0. The van der Waals surface area contributed by atoms with Crippen molar-refractivity contribution in [3.63, 3.8) is 0 Å². The van der Waals surface area contributed by atoms with Gasteiger partial charge in [0, 0.05) is 30.7 Å². The third-order valence-corrected chi connectivity index (χ3v) is 5.63. The summed E-state index contributed by atoms with van der Waals surface area (Å²) in [5, 5.41) is 10.1. The zero-order chi connectivity index (χ0) is 23.5. The maximum atomic E-state index is 12.8. The molecule has 3 aromatic rings. The predicted octanol–water partition coefficient (Wildman–Crippen LogP) is 7.07. The molecule has 2 aromatic carbocycles. The first kappa shape index (κ1) is 23.6. The van der Waals surface area contributed by atoms with Gasteiger partial charge in [0.15, 0.2) is 0 Å². The summed E-state index contributed by atoms with van der Waals surface area (Å²) in [4.78, 5) is 6.32. The highest BCUT2D eigenvalue weighted by Crippen LogP contribution is 2.41. The molecule has 0 radical (unpaired) electrons. The van der Waals surface area contributed by atoms with Gasteiger partial charge in [0.25, 0.3) is 0 Å². The van der Waals surface area contributed by atoms with Gasteiger partial charge in [0.05, 0.1) is 22.6 Å². The van der Waals surface area contributed by atoms with Gasteiger partial charge in [-0.25, -0.2) is 4.99 Å². The minimum atomic E-state index is -4.44. The van der Waals surface area contributed by atoms with E-state index in [2.05, 4.69) is 9.37 Å². The number of ether oxygens (including phenoxy) is 1. The third kappa shape index (κ3) is 5.21. The molecule has 0 saturated heterocycles. The molecule has 1 heterocycles. The van der Waals surface area contributed by atoms with Crippen molar-refractivity contribution in [3.05, 3.63) is 58.1 Å². The molecule has 0 bridgehead atoms. The van der Waals surface area contributed by atoms with Crippen LogP contribution in [0.3, 0.4) is 0 Å². The first-order valence-corrected chi connectivity index (χ1v) is 10.6. The number of aryl methyl sites for hydroxylation is 1. The third-order valence-electron chi connectivity index (χ3n) is 4.60. The number of nitrogens with zero attached hydrogens (tertiary/aromatic N) is 4. The number of aliphatic imine (C=N–C) groups is 1. The van der Waals surface area contributed by atoms with E-state index in [9.17, 15) is 18.4 Å². The molecule has 0 aliphatic rings. The Kier molecular flexibility index (Phi) is 7.06. The highest BCUT2D eigenvalue weighted by molar-refractivity contribution is 7.08. The first-order chi connectivity index (χ1) is 15.1. The number of alkyl halides is 3. The number of rotatable bonds is 6. The highest BCUT2D eigenvalue weighted by atomic mass is 35.5. The fourth-order valence-electron chi connectivity index (χ4n) is 2.66. The molecule has 0 unspecified atom stereocenters. The van der Waals surface area contributed by atoms with Crippen LogP contribution in [-0.2, 0) is 6.18 Å². The van der Waals surface area contributed by atoms with Crippen LogP contribution in [0.4, 0.5) is 18.9 Å². The molecule has 10 heteroatoms. The number of aromatic nitrogens is 1. The Morgan fingerprint density at radius 1 is 1.28 bits per heavy atom. The minimum absolute atomic E-state index is 0.121. The molecular formula is C22H18ClF3N4OS. The first-order valence-electron chi connectivity index (χ1n) is 9.43. The van der Waals surface area contributed by atoms with Gasteiger partial charge in [-0.1, -0.05) is 23.7 Å². The molecule has 32 heavy (non-hydrogen) atoms. The quantitative estimate of drug-likeness (QED) is 0.281. The van der Waals surface area contributed by atoms with Gasteiger partial charge in [0.1, 0.15) is 23.1 Å². The van der Waals surface area contributed by atoms with Crippen molar-refractivity contribution in [1.29, 1.82) is 5.26 Å². The van der Waals surface area contributed by atoms with E-state index in [1.165, 1.54) is 12.1 Å². The van der Waals surface area contributed by atoms with E-state index in [0.29, 0.717) is 22.0 Å². The number of halogens is 4. The summed E-state index contributed by atoms with van der Waals surface area (Å²) in [6.45, 7) is 4.66. The molecule has 0 fully saturated rings. The maximum Gasteiger partial charge on any atom is 0.416 e. The molecule has 0 atom stereocenters. The normalized spacial score (nSPS) is 11.6. The second kappa shape index (κ2) is 9.59. The molecule has 0 spiro atoms. The summed E-state index contributed by atoms with van der Waals surface area (Å²) in [6.07, 6.45) is -2.74. The predicted molar refractivity (Wildman–Crippen MR) is 120 cm³/mol. The van der Waals surface area contributed by atoms with Crippen LogP contribution >= 0.6 is 23.1 Å². The van der Waals surface area contributed by atoms with Gasteiger partial charge in [-0.2, -0.15) is 22.8 Å². The Bertz CT molecular complexity index is 1180. The molecule has 0 saturated carbocycles. The molecule has 3 rings (SSSR count). The summed E-state index contributed by atoms with van der Waals surface area (Å²) in [5.74, 6) is 0.325. The van der Waals surface area contributed by atoms with E-state index in [4.69, 9.17) is 16.3 Å². The largest absolute Gasteiger partial charge is 0.442 e. The van der Waals surface area contributed by atoms with E-state index in [1.807, 2.05) is 31.9 Å². The summed E-state index contributed by atoms with van der Waals surface area (Å²) in [5.41, 5.74) is 1.47. The van der Waals surface area contributed by atoms with Gasteiger partial charge in [-0.15, -0.1) is 0 Å². The van der Waals surface area contributed by atoms with Crippen LogP contribution in [0.5, 0.6) is 10.8 Å². The lowest BCUT2D eigenvalue weighted by Crippen LogP contribution is -2.14. The SMILES string of the molecule is CCN(C)C=Nc1cc(Cl)c(Oc2snc(-c3ccc(C(F)(F)F)cc3)c2C#N)cc1C. The van der Waals surface area contributed by atoms with Crippen molar-refractivity contribution in [2.75, 3.05) is 13.6 Å². The average molecular weight is 479 g/mol. The molecule has 0 aliphatic carbocycles. The second-order valence-corrected chi connectivity index (χ2v) is 8.01. The minimum Gasteiger partial charge on any atom is -0.442 e. The average Bonchev–Trinajstić information content (AvgIpc) is 3.16. The van der Waals surface area contributed by atoms with Crippen LogP contribution < -0.4 is 4.74 Å². The zero-order valence-corrected chi connectivity index (χ0v) is 18.9. The summed E-state index contributed by atoms with van der Waals surface area (Å²) in [7, 11) is 1.90. The molecule has 5 nitrogen and oxygen atoms in total. The Labute approximate surface area is 192 Å². The molecule has 0 aliphatic heterocycles. The van der Waals surface area contributed by atoms with Gasteiger partial charge >= 0.3 is 6.18 Å². The van der Waals surface area contributed by atoms with Gasteiger partial charge in [-0.05, 0) is 43.7 Å². The lowest BCUT2D eigenvalue weighted by molar-refractivity contribution is -0.137. The van der Waals surface area contributed by atoms with Crippen LogP contribution in [0.2, 0.25) is 5.02 Å².